The van der Waals surface area contributed by atoms with Crippen molar-refractivity contribution in [2.45, 2.75) is 31.8 Å². The monoisotopic (exact) mass is 279 g/mol. The van der Waals surface area contributed by atoms with Crippen LogP contribution in [0.1, 0.15) is 25.1 Å². The van der Waals surface area contributed by atoms with Crippen LogP contribution in [0, 0.1) is 0 Å². The van der Waals surface area contributed by atoms with Gasteiger partial charge in [-0.3, -0.25) is 14.2 Å². The van der Waals surface area contributed by atoms with E-state index in [2.05, 4.69) is 10.6 Å². The van der Waals surface area contributed by atoms with Gasteiger partial charge in [0.2, 0.25) is 5.91 Å². The second-order valence-corrected chi connectivity index (χ2v) is 4.81. The summed E-state index contributed by atoms with van der Waals surface area (Å²) in [7, 11) is 1.64. The Morgan fingerprint density at radius 1 is 1.45 bits per heavy atom. The molecule has 7 nitrogen and oxygen atoms in total. The minimum atomic E-state index is -1.03. The number of aliphatic carboxylic acids is 1. The number of amides is 1. The molecule has 0 aliphatic carbocycles. The summed E-state index contributed by atoms with van der Waals surface area (Å²) < 4.78 is 1.25. The second kappa shape index (κ2) is 5.46. The lowest BCUT2D eigenvalue weighted by atomic mass is 10.2. The fourth-order valence-electron chi connectivity index (χ4n) is 2.25. The third-order valence-corrected chi connectivity index (χ3v) is 3.56. The van der Waals surface area contributed by atoms with Crippen LogP contribution >= 0.6 is 0 Å². The maximum atomic E-state index is 12.3. The van der Waals surface area contributed by atoms with E-state index < -0.39 is 23.6 Å². The number of fused-ring (bicyclic) bond motifs is 1. The molecule has 20 heavy (non-hydrogen) atoms. The molecule has 2 rings (SSSR count). The normalized spacial score (nSPS) is 18.4. The van der Waals surface area contributed by atoms with Crippen LogP contribution in [0.2, 0.25) is 0 Å². The molecular weight excluding hydrogens is 262 g/mol. The first-order valence-corrected chi connectivity index (χ1v) is 6.41. The summed E-state index contributed by atoms with van der Waals surface area (Å²) in [6.45, 7) is 1.67. The van der Waals surface area contributed by atoms with Crippen molar-refractivity contribution in [3.05, 3.63) is 28.2 Å². The van der Waals surface area contributed by atoms with Crippen molar-refractivity contribution in [2.24, 2.45) is 0 Å². The highest BCUT2D eigenvalue weighted by Crippen LogP contribution is 2.24. The average molecular weight is 279 g/mol. The van der Waals surface area contributed by atoms with E-state index >= 15 is 0 Å². The highest BCUT2D eigenvalue weighted by atomic mass is 16.4. The van der Waals surface area contributed by atoms with Gasteiger partial charge in [-0.25, -0.2) is 4.79 Å². The zero-order valence-corrected chi connectivity index (χ0v) is 11.3. The number of rotatable bonds is 4. The van der Waals surface area contributed by atoms with Crippen LogP contribution in [-0.4, -0.2) is 34.6 Å². The lowest BCUT2D eigenvalue weighted by Gasteiger charge is -2.14. The lowest BCUT2D eigenvalue weighted by Crippen LogP contribution is -2.38. The average Bonchev–Trinajstić information content (AvgIpc) is 2.85. The van der Waals surface area contributed by atoms with Crippen LogP contribution in [0.25, 0.3) is 0 Å². The summed E-state index contributed by atoms with van der Waals surface area (Å²) in [6, 6.07) is 1.92. The topological polar surface area (TPSA) is 100 Å². The minimum Gasteiger partial charge on any atom is -0.480 e. The Bertz CT molecular complexity index is 608. The maximum Gasteiger partial charge on any atom is 0.326 e. The number of hydrogen-bond donors (Lipinski definition) is 3. The molecule has 3 N–H and O–H groups in total. The van der Waals surface area contributed by atoms with Crippen LogP contribution < -0.4 is 16.2 Å². The van der Waals surface area contributed by atoms with Gasteiger partial charge in [0.25, 0.3) is 5.56 Å². The Morgan fingerprint density at radius 2 is 2.15 bits per heavy atom. The largest absolute Gasteiger partial charge is 0.480 e. The molecule has 0 bridgehead atoms. The van der Waals surface area contributed by atoms with E-state index in [1.54, 1.807) is 20.0 Å². The Kier molecular flexibility index (Phi) is 3.89. The number of hydrogen-bond acceptors (Lipinski definition) is 4. The molecule has 2 heterocycles. The van der Waals surface area contributed by atoms with Crippen LogP contribution in [0.5, 0.6) is 0 Å². The summed E-state index contributed by atoms with van der Waals surface area (Å²) in [4.78, 5) is 35.2. The zero-order valence-electron chi connectivity index (χ0n) is 11.3. The van der Waals surface area contributed by atoms with Crippen molar-refractivity contribution in [3.63, 3.8) is 0 Å². The zero-order chi connectivity index (χ0) is 14.9. The highest BCUT2D eigenvalue weighted by Gasteiger charge is 2.30. The number of carbonyl (C=O) groups is 2. The molecule has 0 spiro atoms. The molecule has 2 atom stereocenters. The Morgan fingerprint density at radius 3 is 2.75 bits per heavy atom. The standard InChI is InChI=1S/C13H17N3O4/c1-7(14-2)11(17)15-9-5-3-8-4-6-10(13(19)20)16(8)12(9)18/h3,5,7,10,14H,4,6H2,1-2H3,(H,15,17)(H,19,20)/t7-,10-/m0/s1. The molecule has 1 amide bonds. The number of carboxylic acids is 1. The predicted molar refractivity (Wildman–Crippen MR) is 72.8 cm³/mol. The first kappa shape index (κ1) is 14.3. The summed E-state index contributed by atoms with van der Waals surface area (Å²) in [5.41, 5.74) is 0.320. The molecule has 1 aromatic heterocycles. The molecular formula is C13H17N3O4. The SMILES string of the molecule is CN[C@@H](C)C(=O)Nc1ccc2n(c1=O)[C@H](C(=O)O)CC2. The van der Waals surface area contributed by atoms with E-state index in [4.69, 9.17) is 5.11 Å². The van der Waals surface area contributed by atoms with Gasteiger partial charge in [-0.05, 0) is 38.9 Å². The van der Waals surface area contributed by atoms with Crippen molar-refractivity contribution in [2.75, 3.05) is 12.4 Å². The predicted octanol–water partition coefficient (Wildman–Crippen LogP) is -0.0334. The first-order chi connectivity index (χ1) is 9.45. The first-order valence-electron chi connectivity index (χ1n) is 6.41. The van der Waals surface area contributed by atoms with E-state index in [0.29, 0.717) is 18.5 Å². The molecule has 0 saturated heterocycles. The van der Waals surface area contributed by atoms with Crippen molar-refractivity contribution < 1.29 is 14.7 Å². The maximum absolute atomic E-state index is 12.3. The number of nitrogens with one attached hydrogen (secondary N) is 2. The van der Waals surface area contributed by atoms with Gasteiger partial charge in [0.1, 0.15) is 11.7 Å². The number of carboxylic acid groups (broad SMARTS) is 1. The molecule has 108 valence electrons. The van der Waals surface area contributed by atoms with Crippen LogP contribution in [0.15, 0.2) is 16.9 Å². The quantitative estimate of drug-likeness (QED) is 0.718. The lowest BCUT2D eigenvalue weighted by molar-refractivity contribution is -0.140. The van der Waals surface area contributed by atoms with Crippen molar-refractivity contribution in [1.29, 1.82) is 0 Å². The van der Waals surface area contributed by atoms with E-state index in [0.717, 1.165) is 0 Å². The number of aromatic nitrogens is 1. The van der Waals surface area contributed by atoms with Gasteiger partial charge in [-0.1, -0.05) is 0 Å². The smallest absolute Gasteiger partial charge is 0.326 e. The van der Waals surface area contributed by atoms with Crippen molar-refractivity contribution >= 4 is 17.6 Å². The molecule has 0 radical (unpaired) electrons. The Hall–Kier alpha value is -2.15. The molecule has 0 fully saturated rings. The molecule has 0 aromatic carbocycles. The third-order valence-electron chi connectivity index (χ3n) is 3.56. The Labute approximate surface area is 115 Å². The third kappa shape index (κ3) is 2.44. The number of likely N-dealkylation sites (N-methyl/N-ethyl adjacent to an activating group) is 1. The molecule has 0 unspecified atom stereocenters. The van der Waals surface area contributed by atoms with Crippen LogP contribution in [-0.2, 0) is 16.0 Å². The summed E-state index contributed by atoms with van der Waals surface area (Å²) >= 11 is 0. The van der Waals surface area contributed by atoms with E-state index in [-0.39, 0.29) is 11.6 Å². The number of nitrogens with zero attached hydrogens (tertiary/aromatic N) is 1. The Balaban J connectivity index is 2.35. The fourth-order valence-corrected chi connectivity index (χ4v) is 2.25. The van der Waals surface area contributed by atoms with Gasteiger partial charge < -0.3 is 15.7 Å². The molecule has 7 heteroatoms. The van der Waals surface area contributed by atoms with Gasteiger partial charge in [-0.2, -0.15) is 0 Å². The van der Waals surface area contributed by atoms with E-state index in [9.17, 15) is 14.4 Å². The molecule has 1 aliphatic rings. The van der Waals surface area contributed by atoms with Gasteiger partial charge in [0.15, 0.2) is 0 Å². The number of carbonyl (C=O) groups excluding carboxylic acids is 1. The summed E-state index contributed by atoms with van der Waals surface area (Å²) in [5.74, 6) is -1.37. The number of anilines is 1. The second-order valence-electron chi connectivity index (χ2n) is 4.81. The molecule has 1 aromatic rings. The minimum absolute atomic E-state index is 0.106. The van der Waals surface area contributed by atoms with Crippen molar-refractivity contribution in [1.82, 2.24) is 9.88 Å². The molecule has 0 saturated carbocycles. The fraction of sp³-hybridized carbons (Fsp3) is 0.462. The summed E-state index contributed by atoms with van der Waals surface area (Å²) in [6.07, 6.45) is 0.947. The number of aryl methyl sites for hydroxylation is 1. The van der Waals surface area contributed by atoms with Crippen LogP contribution in [0.3, 0.4) is 0 Å². The van der Waals surface area contributed by atoms with Crippen LogP contribution in [0.4, 0.5) is 5.69 Å². The summed E-state index contributed by atoms with van der Waals surface area (Å²) in [5, 5.41) is 14.4. The van der Waals surface area contributed by atoms with Gasteiger partial charge in [0, 0.05) is 5.69 Å². The van der Waals surface area contributed by atoms with E-state index in [1.165, 1.54) is 10.6 Å². The highest BCUT2D eigenvalue weighted by molar-refractivity contribution is 5.94. The van der Waals surface area contributed by atoms with Gasteiger partial charge in [0.05, 0.1) is 6.04 Å². The van der Waals surface area contributed by atoms with Gasteiger partial charge >= 0.3 is 5.97 Å². The van der Waals surface area contributed by atoms with Crippen molar-refractivity contribution in [3.8, 4) is 0 Å². The molecule has 1 aliphatic heterocycles. The van der Waals surface area contributed by atoms with E-state index in [1.807, 2.05) is 0 Å². The number of pyridine rings is 1. The van der Waals surface area contributed by atoms with Gasteiger partial charge in [-0.15, -0.1) is 0 Å².